The molecule has 1 N–H and O–H groups in total. The Kier molecular flexibility index (Phi) is 5.44. The second kappa shape index (κ2) is 8.32. The number of carbonyl (C=O) groups excluding carboxylic acids is 1. The quantitative estimate of drug-likeness (QED) is 0.524. The first-order valence-corrected chi connectivity index (χ1v) is 8.06. The number of nitrogens with zero attached hydrogens (tertiary/aromatic N) is 1. The van der Waals surface area contributed by atoms with Crippen LogP contribution in [0.3, 0.4) is 0 Å². The fraction of sp³-hybridized carbons (Fsp3) is 0. The first kappa shape index (κ1) is 17.0. The van der Waals surface area contributed by atoms with Gasteiger partial charge in [0.25, 0.3) is 5.91 Å². The lowest BCUT2D eigenvalue weighted by atomic mass is 10.1. The predicted molar refractivity (Wildman–Crippen MR) is 102 cm³/mol. The maximum atomic E-state index is 12.5. The molecule has 1 amide bonds. The Labute approximate surface area is 152 Å². The number of benzene rings is 3. The van der Waals surface area contributed by atoms with Crippen molar-refractivity contribution in [2.75, 3.05) is 5.32 Å². The summed E-state index contributed by atoms with van der Waals surface area (Å²) in [5.74, 6) is 0.680. The maximum absolute atomic E-state index is 12.5. The Bertz CT molecular complexity index is 958. The number of carbonyl (C=O) groups is 1. The number of nitrogens with one attached hydrogen (secondary N) is 1. The monoisotopic (exact) mass is 340 g/mol. The maximum Gasteiger partial charge on any atom is 0.266 e. The molecule has 0 aliphatic carbocycles. The molecular weight excluding hydrogens is 324 g/mol. The van der Waals surface area contributed by atoms with Gasteiger partial charge in [-0.25, -0.2) is 0 Å². The Morgan fingerprint density at radius 3 is 2.19 bits per heavy atom. The minimum absolute atomic E-state index is 0.0192. The van der Waals surface area contributed by atoms with Gasteiger partial charge >= 0.3 is 0 Å². The van der Waals surface area contributed by atoms with Crippen molar-refractivity contribution in [3.63, 3.8) is 0 Å². The van der Waals surface area contributed by atoms with E-state index in [1.54, 1.807) is 24.3 Å². The zero-order chi connectivity index (χ0) is 18.2. The number of hydrogen-bond donors (Lipinski definition) is 1. The van der Waals surface area contributed by atoms with Gasteiger partial charge in [0.1, 0.15) is 17.4 Å². The third-order valence-corrected chi connectivity index (χ3v) is 3.58. The van der Waals surface area contributed by atoms with E-state index in [1.807, 2.05) is 72.8 Å². The number of anilines is 1. The molecule has 0 radical (unpaired) electrons. The number of amides is 1. The van der Waals surface area contributed by atoms with Crippen LogP contribution in [0.4, 0.5) is 5.69 Å². The van der Waals surface area contributed by atoms with E-state index in [-0.39, 0.29) is 5.57 Å². The van der Waals surface area contributed by atoms with E-state index in [9.17, 15) is 10.1 Å². The third-order valence-electron chi connectivity index (χ3n) is 3.58. The SMILES string of the molecule is N#C/C(=C\c1ccccc1)C(=O)Nc1ccccc1Oc1ccccc1. The van der Waals surface area contributed by atoms with Crippen molar-refractivity contribution in [3.05, 3.63) is 96.1 Å². The summed E-state index contributed by atoms with van der Waals surface area (Å²) in [4.78, 5) is 12.5. The van der Waals surface area contributed by atoms with Crippen LogP contribution in [0.2, 0.25) is 0 Å². The Balaban J connectivity index is 1.81. The first-order valence-electron chi connectivity index (χ1n) is 8.06. The lowest BCUT2D eigenvalue weighted by Crippen LogP contribution is -2.14. The average Bonchev–Trinajstić information content (AvgIpc) is 2.69. The molecule has 3 aromatic rings. The molecular formula is C22H16N2O2. The van der Waals surface area contributed by atoms with Crippen molar-refractivity contribution in [3.8, 4) is 17.6 Å². The summed E-state index contributed by atoms with van der Waals surface area (Å²) in [7, 11) is 0. The molecule has 0 aliphatic heterocycles. The van der Waals surface area contributed by atoms with Crippen LogP contribution in [-0.2, 0) is 4.79 Å². The van der Waals surface area contributed by atoms with Crippen LogP contribution in [0.15, 0.2) is 90.5 Å². The second-order valence-electron chi connectivity index (χ2n) is 5.45. The highest BCUT2D eigenvalue weighted by Gasteiger charge is 2.12. The fourth-order valence-electron chi connectivity index (χ4n) is 2.33. The standard InChI is InChI=1S/C22H16N2O2/c23-16-18(15-17-9-3-1-4-10-17)22(25)24-20-13-7-8-14-21(20)26-19-11-5-2-6-12-19/h1-15H,(H,24,25)/b18-15+. The van der Waals surface area contributed by atoms with Gasteiger partial charge in [0.15, 0.2) is 5.75 Å². The second-order valence-corrected chi connectivity index (χ2v) is 5.45. The van der Waals surface area contributed by atoms with Crippen molar-refractivity contribution in [1.29, 1.82) is 5.26 Å². The van der Waals surface area contributed by atoms with E-state index >= 15 is 0 Å². The van der Waals surface area contributed by atoms with Gasteiger partial charge in [0, 0.05) is 0 Å². The van der Waals surface area contributed by atoms with Crippen molar-refractivity contribution < 1.29 is 9.53 Å². The highest BCUT2D eigenvalue weighted by atomic mass is 16.5. The van der Waals surface area contributed by atoms with E-state index in [2.05, 4.69) is 5.32 Å². The molecule has 4 heteroatoms. The fourth-order valence-corrected chi connectivity index (χ4v) is 2.33. The summed E-state index contributed by atoms with van der Waals surface area (Å²) in [5.41, 5.74) is 1.30. The van der Waals surface area contributed by atoms with E-state index in [0.717, 1.165) is 5.56 Å². The molecule has 0 saturated carbocycles. The smallest absolute Gasteiger partial charge is 0.266 e. The van der Waals surface area contributed by atoms with Crippen LogP contribution < -0.4 is 10.1 Å². The Morgan fingerprint density at radius 2 is 1.50 bits per heavy atom. The molecule has 3 aromatic carbocycles. The van der Waals surface area contributed by atoms with Crippen molar-refractivity contribution in [2.24, 2.45) is 0 Å². The molecule has 0 aromatic heterocycles. The molecule has 0 atom stereocenters. The van der Waals surface area contributed by atoms with Gasteiger partial charge in [-0.1, -0.05) is 60.7 Å². The van der Waals surface area contributed by atoms with Crippen molar-refractivity contribution in [1.82, 2.24) is 0 Å². The number of hydrogen-bond acceptors (Lipinski definition) is 3. The van der Waals surface area contributed by atoms with Gasteiger partial charge < -0.3 is 10.1 Å². The highest BCUT2D eigenvalue weighted by Crippen LogP contribution is 2.29. The van der Waals surface area contributed by atoms with Gasteiger partial charge in [-0.15, -0.1) is 0 Å². The molecule has 0 saturated heterocycles. The zero-order valence-electron chi connectivity index (χ0n) is 13.9. The molecule has 126 valence electrons. The van der Waals surface area contributed by atoms with Crippen LogP contribution in [0.25, 0.3) is 6.08 Å². The van der Waals surface area contributed by atoms with Crippen molar-refractivity contribution >= 4 is 17.7 Å². The number of rotatable bonds is 5. The minimum atomic E-state index is -0.486. The summed E-state index contributed by atoms with van der Waals surface area (Å²) in [6, 6.07) is 27.6. The van der Waals surface area contributed by atoms with E-state index in [4.69, 9.17) is 4.74 Å². The van der Waals surface area contributed by atoms with E-state index in [1.165, 1.54) is 0 Å². The topological polar surface area (TPSA) is 62.1 Å². The molecule has 0 bridgehead atoms. The normalized spacial score (nSPS) is 10.7. The molecule has 0 spiro atoms. The zero-order valence-corrected chi connectivity index (χ0v) is 13.9. The average molecular weight is 340 g/mol. The number of nitriles is 1. The summed E-state index contributed by atoms with van der Waals surface area (Å²) >= 11 is 0. The van der Waals surface area contributed by atoms with Gasteiger partial charge in [-0.2, -0.15) is 5.26 Å². The highest BCUT2D eigenvalue weighted by molar-refractivity contribution is 6.10. The molecule has 0 heterocycles. The summed E-state index contributed by atoms with van der Waals surface area (Å²) in [6.07, 6.45) is 1.55. The van der Waals surface area contributed by atoms with Crippen LogP contribution in [0.1, 0.15) is 5.56 Å². The molecule has 4 nitrogen and oxygen atoms in total. The van der Waals surface area contributed by atoms with Gasteiger partial charge in [0.05, 0.1) is 5.69 Å². The van der Waals surface area contributed by atoms with Gasteiger partial charge in [-0.05, 0) is 35.9 Å². The molecule has 26 heavy (non-hydrogen) atoms. The van der Waals surface area contributed by atoms with Gasteiger partial charge in [-0.3, -0.25) is 4.79 Å². The molecule has 0 fully saturated rings. The lowest BCUT2D eigenvalue weighted by molar-refractivity contribution is -0.112. The summed E-state index contributed by atoms with van der Waals surface area (Å²) in [6.45, 7) is 0. The summed E-state index contributed by atoms with van der Waals surface area (Å²) in [5, 5.41) is 12.1. The predicted octanol–water partition coefficient (Wildman–Crippen LogP) is 5.02. The van der Waals surface area contributed by atoms with Crippen LogP contribution in [-0.4, -0.2) is 5.91 Å². The molecule has 0 unspecified atom stereocenters. The number of para-hydroxylation sites is 3. The first-order chi connectivity index (χ1) is 12.8. The third kappa shape index (κ3) is 4.37. The van der Waals surface area contributed by atoms with E-state index < -0.39 is 5.91 Å². The number of ether oxygens (including phenoxy) is 1. The van der Waals surface area contributed by atoms with E-state index in [0.29, 0.717) is 17.2 Å². The van der Waals surface area contributed by atoms with Crippen LogP contribution >= 0.6 is 0 Å². The minimum Gasteiger partial charge on any atom is -0.455 e. The van der Waals surface area contributed by atoms with Crippen molar-refractivity contribution in [2.45, 2.75) is 0 Å². The largest absolute Gasteiger partial charge is 0.455 e. The summed E-state index contributed by atoms with van der Waals surface area (Å²) < 4.78 is 5.82. The molecule has 0 aliphatic rings. The molecule has 3 rings (SSSR count). The van der Waals surface area contributed by atoms with Gasteiger partial charge in [0.2, 0.25) is 0 Å². The lowest BCUT2D eigenvalue weighted by Gasteiger charge is -2.12. The van der Waals surface area contributed by atoms with Crippen LogP contribution in [0, 0.1) is 11.3 Å². The Hall–Kier alpha value is -3.84. The van der Waals surface area contributed by atoms with Crippen LogP contribution in [0.5, 0.6) is 11.5 Å². The Morgan fingerprint density at radius 1 is 0.885 bits per heavy atom.